The van der Waals surface area contributed by atoms with Gasteiger partial charge in [0.15, 0.2) is 0 Å². The van der Waals surface area contributed by atoms with Gasteiger partial charge in [-0.25, -0.2) is 19.2 Å². The number of rotatable bonds is 7. The summed E-state index contributed by atoms with van der Waals surface area (Å²) in [5, 5.41) is 9.68. The first-order chi connectivity index (χ1) is 13.4. The van der Waals surface area contributed by atoms with Crippen LogP contribution in [0.3, 0.4) is 0 Å². The predicted molar refractivity (Wildman–Crippen MR) is 107 cm³/mol. The fourth-order valence-corrected chi connectivity index (χ4v) is 3.02. The van der Waals surface area contributed by atoms with Gasteiger partial charge in [-0.1, -0.05) is 48.0 Å². The zero-order valence-electron chi connectivity index (χ0n) is 15.3. The van der Waals surface area contributed by atoms with Crippen LogP contribution >= 0.6 is 11.6 Å². The molecule has 1 N–H and O–H groups in total. The van der Waals surface area contributed by atoms with Crippen LogP contribution in [0.25, 0.3) is 0 Å². The Balaban J connectivity index is 1.83. The van der Waals surface area contributed by atoms with Crippen LogP contribution in [0.4, 0.5) is 10.3 Å². The Hall–Kier alpha value is -2.99. The third-order valence-corrected chi connectivity index (χ3v) is 4.73. The van der Waals surface area contributed by atoms with E-state index in [2.05, 4.69) is 9.97 Å². The number of halogens is 2. The highest BCUT2D eigenvalue weighted by Gasteiger charge is 2.17. The Bertz CT molecular complexity index is 983. The second-order valence-corrected chi connectivity index (χ2v) is 6.81. The second kappa shape index (κ2) is 8.80. The molecule has 3 rings (SSSR count). The summed E-state index contributed by atoms with van der Waals surface area (Å²) in [6.07, 6.45) is 2.28. The first kappa shape index (κ1) is 19.8. The van der Waals surface area contributed by atoms with Gasteiger partial charge < -0.3 is 10.0 Å². The number of aromatic nitrogens is 2. The lowest BCUT2D eigenvalue weighted by Crippen LogP contribution is -2.24. The molecule has 1 heterocycles. The minimum absolute atomic E-state index is 0.000557. The Kier molecular flexibility index (Phi) is 6.21. The first-order valence-electron chi connectivity index (χ1n) is 8.72. The van der Waals surface area contributed by atoms with Crippen molar-refractivity contribution in [1.82, 2.24) is 9.97 Å². The van der Waals surface area contributed by atoms with E-state index in [-0.39, 0.29) is 17.0 Å². The molecular weight excluding hydrogens is 381 g/mol. The van der Waals surface area contributed by atoms with Crippen molar-refractivity contribution < 1.29 is 14.3 Å². The maximum Gasteiger partial charge on any atom is 0.339 e. The molecule has 0 atom stereocenters. The average Bonchev–Trinajstić information content (AvgIpc) is 2.69. The van der Waals surface area contributed by atoms with Crippen LogP contribution in [0.2, 0.25) is 5.02 Å². The third-order valence-electron chi connectivity index (χ3n) is 4.38. The number of hydrogen-bond acceptors (Lipinski definition) is 4. The van der Waals surface area contributed by atoms with Crippen LogP contribution in [-0.2, 0) is 12.8 Å². The van der Waals surface area contributed by atoms with Gasteiger partial charge in [0.05, 0.1) is 11.3 Å². The molecule has 0 spiro atoms. The molecule has 3 aromatic rings. The van der Waals surface area contributed by atoms with Crippen molar-refractivity contribution in [1.29, 1.82) is 0 Å². The molecule has 1 aromatic heterocycles. The van der Waals surface area contributed by atoms with E-state index in [1.165, 1.54) is 30.0 Å². The summed E-state index contributed by atoms with van der Waals surface area (Å²) in [4.78, 5) is 22.1. The summed E-state index contributed by atoms with van der Waals surface area (Å²) in [6, 6.07) is 14.0. The smallest absolute Gasteiger partial charge is 0.339 e. The van der Waals surface area contributed by atoms with Gasteiger partial charge in [0, 0.05) is 31.2 Å². The molecule has 2 aromatic carbocycles. The van der Waals surface area contributed by atoms with E-state index in [1.54, 1.807) is 0 Å². The van der Waals surface area contributed by atoms with E-state index < -0.39 is 11.8 Å². The van der Waals surface area contributed by atoms with Gasteiger partial charge >= 0.3 is 5.97 Å². The topological polar surface area (TPSA) is 66.3 Å². The lowest BCUT2D eigenvalue weighted by molar-refractivity contribution is 0.0695. The fraction of sp³-hybridized carbons (Fsp3) is 0.190. The summed E-state index contributed by atoms with van der Waals surface area (Å²) in [5.41, 5.74) is 2.12. The van der Waals surface area contributed by atoms with Crippen LogP contribution in [0.15, 0.2) is 54.7 Å². The minimum Gasteiger partial charge on any atom is -0.478 e. The zero-order valence-corrected chi connectivity index (χ0v) is 16.0. The number of likely N-dealkylation sites (N-methyl/N-ethyl adjacent to an activating group) is 1. The number of benzene rings is 2. The zero-order chi connectivity index (χ0) is 20.1. The Morgan fingerprint density at radius 1 is 1.21 bits per heavy atom. The Morgan fingerprint density at radius 3 is 2.64 bits per heavy atom. The monoisotopic (exact) mass is 399 g/mol. The van der Waals surface area contributed by atoms with Crippen LogP contribution in [0, 0.1) is 5.82 Å². The van der Waals surface area contributed by atoms with Crippen LogP contribution in [0.5, 0.6) is 0 Å². The van der Waals surface area contributed by atoms with Crippen molar-refractivity contribution in [3.63, 3.8) is 0 Å². The van der Waals surface area contributed by atoms with E-state index >= 15 is 0 Å². The molecule has 0 aliphatic rings. The molecule has 7 heteroatoms. The van der Waals surface area contributed by atoms with Crippen LogP contribution < -0.4 is 4.90 Å². The summed E-state index contributed by atoms with van der Waals surface area (Å²) >= 11 is 6.09. The molecule has 28 heavy (non-hydrogen) atoms. The Labute approximate surface area is 167 Å². The van der Waals surface area contributed by atoms with Gasteiger partial charge in [0.1, 0.15) is 5.82 Å². The van der Waals surface area contributed by atoms with Crippen molar-refractivity contribution in [3.8, 4) is 0 Å². The highest BCUT2D eigenvalue weighted by Crippen LogP contribution is 2.22. The molecule has 0 unspecified atom stereocenters. The van der Waals surface area contributed by atoms with Crippen molar-refractivity contribution in [2.75, 3.05) is 18.5 Å². The van der Waals surface area contributed by atoms with E-state index in [0.717, 1.165) is 6.42 Å². The lowest BCUT2D eigenvalue weighted by atomic mass is 10.1. The number of carboxylic acid groups (broad SMARTS) is 1. The molecule has 144 valence electrons. The standard InChI is InChI=1S/C21H19ClFN3O2/c1-26(10-9-14-5-3-2-4-6-14)21-24-13-17(20(27)28)19(25-21)11-15-7-8-16(23)12-18(15)22/h2-8,12-13H,9-11H2,1H3,(H,27,28). The third kappa shape index (κ3) is 4.84. The Morgan fingerprint density at radius 2 is 1.96 bits per heavy atom. The molecule has 0 amide bonds. The molecule has 0 saturated carbocycles. The normalized spacial score (nSPS) is 10.7. The van der Waals surface area contributed by atoms with E-state index in [9.17, 15) is 14.3 Å². The van der Waals surface area contributed by atoms with Crippen LogP contribution in [-0.4, -0.2) is 34.6 Å². The van der Waals surface area contributed by atoms with E-state index in [4.69, 9.17) is 11.6 Å². The largest absolute Gasteiger partial charge is 0.478 e. The molecule has 0 radical (unpaired) electrons. The van der Waals surface area contributed by atoms with Gasteiger partial charge in [-0.05, 0) is 29.7 Å². The average molecular weight is 400 g/mol. The molecular formula is C21H19ClFN3O2. The summed E-state index contributed by atoms with van der Waals surface area (Å²) in [5.74, 6) is -1.14. The van der Waals surface area contributed by atoms with Crippen LogP contribution in [0.1, 0.15) is 27.2 Å². The van der Waals surface area contributed by atoms with E-state index in [0.29, 0.717) is 23.8 Å². The van der Waals surface area contributed by atoms with Gasteiger partial charge in [0.2, 0.25) is 5.95 Å². The van der Waals surface area contributed by atoms with Crippen molar-refractivity contribution in [3.05, 3.63) is 88.0 Å². The first-order valence-corrected chi connectivity index (χ1v) is 9.10. The fourth-order valence-electron chi connectivity index (χ4n) is 2.79. The molecule has 0 aliphatic carbocycles. The minimum atomic E-state index is -1.12. The highest BCUT2D eigenvalue weighted by atomic mass is 35.5. The summed E-state index contributed by atoms with van der Waals surface area (Å²) < 4.78 is 13.3. The van der Waals surface area contributed by atoms with Crippen molar-refractivity contribution >= 4 is 23.5 Å². The van der Waals surface area contributed by atoms with Crippen molar-refractivity contribution in [2.24, 2.45) is 0 Å². The number of carbonyl (C=O) groups is 1. The second-order valence-electron chi connectivity index (χ2n) is 6.41. The molecule has 0 aliphatic heterocycles. The summed E-state index contributed by atoms with van der Waals surface area (Å²) in [6.45, 7) is 0.674. The predicted octanol–water partition coefficient (Wildman–Crippen LogP) is 4.24. The summed E-state index contributed by atoms with van der Waals surface area (Å²) in [7, 11) is 1.85. The number of anilines is 1. The maximum atomic E-state index is 13.3. The number of hydrogen-bond donors (Lipinski definition) is 1. The SMILES string of the molecule is CN(CCc1ccccc1)c1ncc(C(=O)O)c(Cc2ccc(F)cc2Cl)n1. The van der Waals surface area contributed by atoms with Crippen molar-refractivity contribution in [2.45, 2.75) is 12.8 Å². The maximum absolute atomic E-state index is 13.3. The molecule has 0 bridgehead atoms. The highest BCUT2D eigenvalue weighted by molar-refractivity contribution is 6.31. The lowest BCUT2D eigenvalue weighted by Gasteiger charge is -2.18. The molecule has 0 saturated heterocycles. The van der Waals surface area contributed by atoms with Gasteiger partial charge in [0.25, 0.3) is 0 Å². The van der Waals surface area contributed by atoms with E-state index in [1.807, 2.05) is 42.3 Å². The number of carboxylic acids is 1. The molecule has 5 nitrogen and oxygen atoms in total. The number of aromatic carboxylic acids is 1. The van der Waals surface area contributed by atoms with Gasteiger partial charge in [-0.2, -0.15) is 0 Å². The quantitative estimate of drug-likeness (QED) is 0.643. The number of nitrogens with zero attached hydrogens (tertiary/aromatic N) is 3. The van der Waals surface area contributed by atoms with Gasteiger partial charge in [-0.15, -0.1) is 0 Å². The van der Waals surface area contributed by atoms with Gasteiger partial charge in [-0.3, -0.25) is 0 Å². The molecule has 0 fully saturated rings.